The molecule has 0 N–H and O–H groups in total. The standard InChI is InChI=1S/C29H38N2O6/c1-3-36-28(34)18-20-30(22-24-12-7-5-8-13-24)26(32)16-11-17-27(33)31(21-19-29(35)37-4-2)23-25-14-9-6-10-15-25/h5-10,12-15H,3-4,11,16-23H2,1-2H3. The minimum atomic E-state index is -0.346. The minimum absolute atomic E-state index is 0.115. The maximum Gasteiger partial charge on any atom is 0.307 e. The van der Waals surface area contributed by atoms with E-state index >= 15 is 0 Å². The van der Waals surface area contributed by atoms with Crippen LogP contribution in [0.1, 0.15) is 57.1 Å². The van der Waals surface area contributed by atoms with E-state index in [0.717, 1.165) is 11.1 Å². The molecule has 2 rings (SSSR count). The predicted molar refractivity (Wildman–Crippen MR) is 140 cm³/mol. The first kappa shape index (κ1) is 29.5. The Morgan fingerprint density at radius 1 is 0.595 bits per heavy atom. The number of nitrogens with zero attached hydrogens (tertiary/aromatic N) is 2. The Hall–Kier alpha value is -3.68. The molecule has 0 fully saturated rings. The van der Waals surface area contributed by atoms with Crippen LogP contribution in [0.25, 0.3) is 0 Å². The molecule has 0 heterocycles. The monoisotopic (exact) mass is 510 g/mol. The van der Waals surface area contributed by atoms with Crippen LogP contribution in [0.2, 0.25) is 0 Å². The second-order valence-corrected chi connectivity index (χ2v) is 8.57. The Morgan fingerprint density at radius 2 is 0.973 bits per heavy atom. The lowest BCUT2D eigenvalue weighted by molar-refractivity contribution is -0.145. The SMILES string of the molecule is CCOC(=O)CCN(Cc1ccccc1)C(=O)CCCC(=O)N(CCC(=O)OCC)Cc1ccccc1. The van der Waals surface area contributed by atoms with E-state index in [4.69, 9.17) is 9.47 Å². The van der Waals surface area contributed by atoms with Crippen LogP contribution in [0.3, 0.4) is 0 Å². The summed E-state index contributed by atoms with van der Waals surface area (Å²) in [4.78, 5) is 53.1. The molecule has 0 saturated carbocycles. The first-order valence-corrected chi connectivity index (χ1v) is 12.9. The van der Waals surface area contributed by atoms with Gasteiger partial charge in [0, 0.05) is 39.0 Å². The first-order valence-electron chi connectivity index (χ1n) is 12.9. The van der Waals surface area contributed by atoms with Gasteiger partial charge in [0.2, 0.25) is 11.8 Å². The Labute approximate surface area is 219 Å². The van der Waals surface area contributed by atoms with Gasteiger partial charge in [0.05, 0.1) is 26.1 Å². The first-order chi connectivity index (χ1) is 17.9. The summed E-state index contributed by atoms with van der Waals surface area (Å²) in [5.41, 5.74) is 1.92. The molecule has 200 valence electrons. The van der Waals surface area contributed by atoms with Crippen molar-refractivity contribution in [2.24, 2.45) is 0 Å². The highest BCUT2D eigenvalue weighted by Gasteiger charge is 2.19. The molecule has 2 amide bonds. The van der Waals surface area contributed by atoms with Gasteiger partial charge in [-0.1, -0.05) is 60.7 Å². The highest BCUT2D eigenvalue weighted by Crippen LogP contribution is 2.12. The van der Waals surface area contributed by atoms with Gasteiger partial charge >= 0.3 is 11.9 Å². The summed E-state index contributed by atoms with van der Waals surface area (Å²) in [7, 11) is 0. The lowest BCUT2D eigenvalue weighted by Crippen LogP contribution is -2.34. The highest BCUT2D eigenvalue weighted by atomic mass is 16.5. The van der Waals surface area contributed by atoms with Crippen molar-refractivity contribution in [1.29, 1.82) is 0 Å². The van der Waals surface area contributed by atoms with E-state index in [9.17, 15) is 19.2 Å². The number of ether oxygens (including phenoxy) is 2. The second kappa shape index (κ2) is 16.9. The fourth-order valence-electron chi connectivity index (χ4n) is 3.82. The van der Waals surface area contributed by atoms with Crippen LogP contribution in [-0.4, -0.2) is 59.9 Å². The number of rotatable bonds is 16. The third-order valence-electron chi connectivity index (χ3n) is 5.70. The molecule has 8 nitrogen and oxygen atoms in total. The van der Waals surface area contributed by atoms with E-state index in [1.54, 1.807) is 23.6 Å². The summed E-state index contributed by atoms with van der Waals surface area (Å²) >= 11 is 0. The summed E-state index contributed by atoms with van der Waals surface area (Å²) in [5.74, 6) is -0.937. The van der Waals surface area contributed by atoms with Crippen molar-refractivity contribution in [3.8, 4) is 0 Å². The average molecular weight is 511 g/mol. The van der Waals surface area contributed by atoms with Crippen molar-refractivity contribution in [1.82, 2.24) is 9.80 Å². The molecule has 0 aliphatic heterocycles. The summed E-state index contributed by atoms with van der Waals surface area (Å²) in [6.07, 6.45) is 0.956. The maximum atomic E-state index is 13.0. The van der Waals surface area contributed by atoms with Crippen molar-refractivity contribution in [3.63, 3.8) is 0 Å². The molecule has 0 saturated heterocycles. The van der Waals surface area contributed by atoms with E-state index in [-0.39, 0.29) is 62.5 Å². The molecular weight excluding hydrogens is 472 g/mol. The fraction of sp³-hybridized carbons (Fsp3) is 0.448. The molecule has 0 radical (unpaired) electrons. The van der Waals surface area contributed by atoms with Crippen LogP contribution in [0.15, 0.2) is 60.7 Å². The summed E-state index contributed by atoms with van der Waals surface area (Å²) in [6.45, 7) is 5.34. The molecule has 0 unspecified atom stereocenters. The zero-order valence-electron chi connectivity index (χ0n) is 21.9. The molecule has 2 aromatic rings. The zero-order chi connectivity index (χ0) is 26.9. The third kappa shape index (κ3) is 11.7. The van der Waals surface area contributed by atoms with Crippen molar-refractivity contribution in [3.05, 3.63) is 71.8 Å². The van der Waals surface area contributed by atoms with Gasteiger partial charge in [-0.25, -0.2) is 0 Å². The summed E-state index contributed by atoms with van der Waals surface area (Å²) < 4.78 is 10.0. The largest absolute Gasteiger partial charge is 0.466 e. The molecule has 0 aliphatic rings. The lowest BCUT2D eigenvalue weighted by atomic mass is 10.1. The lowest BCUT2D eigenvalue weighted by Gasteiger charge is -2.24. The van der Waals surface area contributed by atoms with E-state index in [0.29, 0.717) is 32.7 Å². The van der Waals surface area contributed by atoms with Crippen LogP contribution in [0, 0.1) is 0 Å². The number of hydrogen-bond acceptors (Lipinski definition) is 6. The fourth-order valence-corrected chi connectivity index (χ4v) is 3.82. The maximum absolute atomic E-state index is 13.0. The molecule has 0 aliphatic carbocycles. The number of benzene rings is 2. The van der Waals surface area contributed by atoms with Gasteiger partial charge in [0.1, 0.15) is 0 Å². The van der Waals surface area contributed by atoms with Gasteiger partial charge in [-0.2, -0.15) is 0 Å². The predicted octanol–water partition coefficient (Wildman–Crippen LogP) is 4.12. The van der Waals surface area contributed by atoms with E-state index in [1.165, 1.54) is 0 Å². The van der Waals surface area contributed by atoms with Crippen molar-refractivity contribution >= 4 is 23.8 Å². The number of esters is 2. The number of amides is 2. The number of carbonyl (C=O) groups excluding carboxylic acids is 4. The molecule has 0 spiro atoms. The molecule has 0 aromatic heterocycles. The van der Waals surface area contributed by atoms with Gasteiger partial charge < -0.3 is 19.3 Å². The summed E-state index contributed by atoms with van der Waals surface area (Å²) in [6, 6.07) is 19.1. The van der Waals surface area contributed by atoms with E-state index in [1.807, 2.05) is 60.7 Å². The topological polar surface area (TPSA) is 93.2 Å². The number of carbonyl (C=O) groups is 4. The normalized spacial score (nSPS) is 10.4. The van der Waals surface area contributed by atoms with Crippen molar-refractivity contribution in [2.75, 3.05) is 26.3 Å². The Balaban J connectivity index is 1.95. The quantitative estimate of drug-likeness (QED) is 0.316. The van der Waals surface area contributed by atoms with Gasteiger partial charge in [-0.15, -0.1) is 0 Å². The molecular formula is C29H38N2O6. The van der Waals surface area contributed by atoms with Crippen LogP contribution in [0.4, 0.5) is 0 Å². The van der Waals surface area contributed by atoms with Crippen molar-refractivity contribution in [2.45, 2.75) is 59.0 Å². The molecule has 0 bridgehead atoms. The van der Waals surface area contributed by atoms with Crippen molar-refractivity contribution < 1.29 is 28.7 Å². The van der Waals surface area contributed by atoms with Crippen LogP contribution >= 0.6 is 0 Å². The zero-order valence-corrected chi connectivity index (χ0v) is 21.9. The third-order valence-corrected chi connectivity index (χ3v) is 5.70. The van der Waals surface area contributed by atoms with Crippen LogP contribution in [0.5, 0.6) is 0 Å². The van der Waals surface area contributed by atoms with Crippen LogP contribution < -0.4 is 0 Å². The Bertz CT molecular complexity index is 901. The van der Waals surface area contributed by atoms with Gasteiger partial charge in [-0.3, -0.25) is 19.2 Å². The Kier molecular flexibility index (Phi) is 13.5. The minimum Gasteiger partial charge on any atom is -0.466 e. The van der Waals surface area contributed by atoms with Gasteiger partial charge in [0.25, 0.3) is 0 Å². The number of hydrogen-bond donors (Lipinski definition) is 0. The molecule has 37 heavy (non-hydrogen) atoms. The molecule has 8 heteroatoms. The Morgan fingerprint density at radius 3 is 1.32 bits per heavy atom. The van der Waals surface area contributed by atoms with E-state index in [2.05, 4.69) is 0 Å². The van der Waals surface area contributed by atoms with Crippen LogP contribution in [-0.2, 0) is 41.7 Å². The molecule has 0 atom stereocenters. The average Bonchev–Trinajstić information content (AvgIpc) is 2.90. The smallest absolute Gasteiger partial charge is 0.307 e. The summed E-state index contributed by atoms with van der Waals surface area (Å²) in [5, 5.41) is 0. The van der Waals surface area contributed by atoms with Gasteiger partial charge in [-0.05, 0) is 31.4 Å². The van der Waals surface area contributed by atoms with E-state index < -0.39 is 0 Å². The highest BCUT2D eigenvalue weighted by molar-refractivity contribution is 5.80. The van der Waals surface area contributed by atoms with Gasteiger partial charge in [0.15, 0.2) is 0 Å². The second-order valence-electron chi connectivity index (χ2n) is 8.57. The molecule has 2 aromatic carbocycles.